The number of ether oxygens (including phenoxy) is 1. The molecular weight excluding hydrogens is 323 g/mol. The summed E-state index contributed by atoms with van der Waals surface area (Å²) in [6.45, 7) is 4.07. The summed E-state index contributed by atoms with van der Waals surface area (Å²) in [4.78, 5) is 0. The smallest absolute Gasteiger partial charge is 0.126 e. The van der Waals surface area contributed by atoms with E-state index in [1.54, 1.807) is 31.2 Å². The van der Waals surface area contributed by atoms with Gasteiger partial charge in [-0.1, -0.05) is 28.1 Å². The van der Waals surface area contributed by atoms with Crippen molar-refractivity contribution in [3.05, 3.63) is 63.4 Å². The van der Waals surface area contributed by atoms with Crippen molar-refractivity contribution in [1.82, 2.24) is 0 Å². The van der Waals surface area contributed by atoms with Crippen LogP contribution in [0.5, 0.6) is 5.75 Å². The molecule has 0 spiro atoms. The van der Waals surface area contributed by atoms with Crippen molar-refractivity contribution in [3.63, 3.8) is 0 Å². The number of aliphatic hydroxyl groups is 1. The van der Waals surface area contributed by atoms with E-state index < -0.39 is 6.10 Å². The molecule has 106 valence electrons. The first-order chi connectivity index (χ1) is 9.52. The second kappa shape index (κ2) is 6.37. The van der Waals surface area contributed by atoms with Gasteiger partial charge in [0.1, 0.15) is 17.7 Å². The summed E-state index contributed by atoms with van der Waals surface area (Å²) in [6.07, 6.45) is -0.927. The third kappa shape index (κ3) is 3.19. The van der Waals surface area contributed by atoms with Crippen LogP contribution in [0.4, 0.5) is 4.39 Å². The Hall–Kier alpha value is -1.39. The highest BCUT2D eigenvalue weighted by atomic mass is 79.9. The Bertz CT molecular complexity index is 613. The van der Waals surface area contributed by atoms with E-state index in [1.807, 2.05) is 13.0 Å². The third-order valence-corrected chi connectivity index (χ3v) is 3.57. The van der Waals surface area contributed by atoms with Gasteiger partial charge in [0.05, 0.1) is 6.61 Å². The molecule has 4 heteroatoms. The lowest BCUT2D eigenvalue weighted by Crippen LogP contribution is -2.05. The van der Waals surface area contributed by atoms with Crippen LogP contribution in [-0.2, 0) is 0 Å². The molecule has 2 nitrogen and oxygen atoms in total. The van der Waals surface area contributed by atoms with Gasteiger partial charge in [0.25, 0.3) is 0 Å². The molecule has 0 saturated heterocycles. The average Bonchev–Trinajstić information content (AvgIpc) is 2.43. The van der Waals surface area contributed by atoms with Gasteiger partial charge in [-0.25, -0.2) is 4.39 Å². The molecule has 2 aromatic rings. The van der Waals surface area contributed by atoms with Crippen LogP contribution in [-0.4, -0.2) is 11.7 Å². The Balaban J connectivity index is 2.43. The molecule has 0 radical (unpaired) electrons. The number of benzene rings is 2. The predicted molar refractivity (Wildman–Crippen MR) is 80.5 cm³/mol. The minimum atomic E-state index is -0.927. The maximum absolute atomic E-state index is 13.6. The maximum atomic E-state index is 13.6. The van der Waals surface area contributed by atoms with Crippen LogP contribution >= 0.6 is 15.9 Å². The SMILES string of the molecule is CCOc1ccc(Br)cc1C(O)c1ccc(C)c(F)c1. The molecule has 0 bridgehead atoms. The molecule has 0 aliphatic carbocycles. The fraction of sp³-hybridized carbons (Fsp3) is 0.250. The fourth-order valence-electron chi connectivity index (χ4n) is 1.98. The van der Waals surface area contributed by atoms with E-state index in [4.69, 9.17) is 4.74 Å². The zero-order chi connectivity index (χ0) is 14.7. The van der Waals surface area contributed by atoms with Crippen molar-refractivity contribution in [2.75, 3.05) is 6.61 Å². The summed E-state index contributed by atoms with van der Waals surface area (Å²) in [5, 5.41) is 10.5. The van der Waals surface area contributed by atoms with Crippen molar-refractivity contribution in [3.8, 4) is 5.75 Å². The van der Waals surface area contributed by atoms with Crippen molar-refractivity contribution in [2.45, 2.75) is 20.0 Å². The van der Waals surface area contributed by atoms with Crippen molar-refractivity contribution in [2.24, 2.45) is 0 Å². The van der Waals surface area contributed by atoms with Crippen LogP contribution < -0.4 is 4.74 Å². The van der Waals surface area contributed by atoms with Crippen LogP contribution in [0.15, 0.2) is 40.9 Å². The maximum Gasteiger partial charge on any atom is 0.126 e. The Morgan fingerprint density at radius 2 is 2.00 bits per heavy atom. The molecule has 20 heavy (non-hydrogen) atoms. The quantitative estimate of drug-likeness (QED) is 0.896. The monoisotopic (exact) mass is 338 g/mol. The normalized spacial score (nSPS) is 12.2. The van der Waals surface area contributed by atoms with Crippen LogP contribution in [0, 0.1) is 12.7 Å². The number of hydrogen-bond acceptors (Lipinski definition) is 2. The van der Waals surface area contributed by atoms with Gasteiger partial charge in [0.15, 0.2) is 0 Å². The van der Waals surface area contributed by atoms with Gasteiger partial charge in [-0.3, -0.25) is 0 Å². The molecule has 1 N–H and O–H groups in total. The largest absolute Gasteiger partial charge is 0.493 e. The third-order valence-electron chi connectivity index (χ3n) is 3.08. The first kappa shape index (κ1) is 15.0. The summed E-state index contributed by atoms with van der Waals surface area (Å²) in [5.41, 5.74) is 1.68. The van der Waals surface area contributed by atoms with E-state index in [-0.39, 0.29) is 5.82 Å². The predicted octanol–water partition coefficient (Wildman–Crippen LogP) is 4.38. The lowest BCUT2D eigenvalue weighted by atomic mass is 9.99. The summed E-state index contributed by atoms with van der Waals surface area (Å²) < 4.78 is 20.0. The molecule has 0 heterocycles. The summed E-state index contributed by atoms with van der Waals surface area (Å²) >= 11 is 3.37. The zero-order valence-corrected chi connectivity index (χ0v) is 12.9. The van der Waals surface area contributed by atoms with Crippen molar-refractivity contribution in [1.29, 1.82) is 0 Å². The minimum Gasteiger partial charge on any atom is -0.493 e. The van der Waals surface area contributed by atoms with E-state index in [0.717, 1.165) is 4.47 Å². The second-order valence-electron chi connectivity index (χ2n) is 4.53. The topological polar surface area (TPSA) is 29.5 Å². The first-order valence-corrected chi connectivity index (χ1v) is 7.18. The van der Waals surface area contributed by atoms with E-state index in [2.05, 4.69) is 15.9 Å². The minimum absolute atomic E-state index is 0.325. The summed E-state index contributed by atoms with van der Waals surface area (Å²) in [6, 6.07) is 10.2. The summed E-state index contributed by atoms with van der Waals surface area (Å²) in [7, 11) is 0. The number of hydrogen-bond donors (Lipinski definition) is 1. The van der Waals surface area contributed by atoms with Crippen LogP contribution in [0.1, 0.15) is 29.7 Å². The van der Waals surface area contributed by atoms with E-state index >= 15 is 0 Å². The van der Waals surface area contributed by atoms with Crippen LogP contribution in [0.25, 0.3) is 0 Å². The number of aliphatic hydroxyl groups excluding tert-OH is 1. The molecule has 0 amide bonds. The summed E-state index contributed by atoms with van der Waals surface area (Å²) in [5.74, 6) is 0.277. The molecule has 0 aliphatic heterocycles. The highest BCUT2D eigenvalue weighted by Crippen LogP contribution is 2.33. The van der Waals surface area contributed by atoms with Crippen molar-refractivity contribution < 1.29 is 14.2 Å². The number of rotatable bonds is 4. The highest BCUT2D eigenvalue weighted by Gasteiger charge is 2.17. The Morgan fingerprint density at radius 3 is 2.65 bits per heavy atom. The highest BCUT2D eigenvalue weighted by molar-refractivity contribution is 9.10. The van der Waals surface area contributed by atoms with E-state index in [1.165, 1.54) is 6.07 Å². The number of aryl methyl sites for hydroxylation is 1. The molecule has 2 rings (SSSR count). The van der Waals surface area contributed by atoms with Crippen molar-refractivity contribution >= 4 is 15.9 Å². The molecular formula is C16H16BrFO2. The van der Waals surface area contributed by atoms with Gasteiger partial charge in [-0.2, -0.15) is 0 Å². The Labute approximate surface area is 126 Å². The fourth-order valence-corrected chi connectivity index (χ4v) is 2.36. The van der Waals surface area contributed by atoms with Gasteiger partial charge in [-0.05, 0) is 49.2 Å². The molecule has 2 aromatic carbocycles. The van der Waals surface area contributed by atoms with Crippen LogP contribution in [0.3, 0.4) is 0 Å². The molecule has 1 atom stereocenters. The molecule has 0 aromatic heterocycles. The first-order valence-electron chi connectivity index (χ1n) is 6.39. The van der Waals surface area contributed by atoms with Gasteiger partial charge in [-0.15, -0.1) is 0 Å². The molecule has 1 unspecified atom stereocenters. The van der Waals surface area contributed by atoms with Gasteiger partial charge >= 0.3 is 0 Å². The standard InChI is InChI=1S/C16H16BrFO2/c1-3-20-15-7-6-12(17)9-13(15)16(19)11-5-4-10(2)14(18)8-11/h4-9,16,19H,3H2,1-2H3. The van der Waals surface area contributed by atoms with E-state index in [0.29, 0.717) is 29.0 Å². The molecule has 0 fully saturated rings. The van der Waals surface area contributed by atoms with Gasteiger partial charge in [0, 0.05) is 10.0 Å². The second-order valence-corrected chi connectivity index (χ2v) is 5.44. The van der Waals surface area contributed by atoms with E-state index in [9.17, 15) is 9.50 Å². The van der Waals surface area contributed by atoms with Gasteiger partial charge < -0.3 is 9.84 Å². The lowest BCUT2D eigenvalue weighted by Gasteiger charge is -2.17. The molecule has 0 saturated carbocycles. The molecule has 0 aliphatic rings. The zero-order valence-electron chi connectivity index (χ0n) is 11.4. The number of halogens is 2. The average molecular weight is 339 g/mol. The van der Waals surface area contributed by atoms with Crippen LogP contribution in [0.2, 0.25) is 0 Å². The van der Waals surface area contributed by atoms with Gasteiger partial charge in [0.2, 0.25) is 0 Å². The lowest BCUT2D eigenvalue weighted by molar-refractivity contribution is 0.211. The Morgan fingerprint density at radius 1 is 1.25 bits per heavy atom. The Kier molecular flexibility index (Phi) is 4.78.